The molecule has 0 bridgehead atoms. The fourth-order valence-corrected chi connectivity index (χ4v) is 2.03. The van der Waals surface area contributed by atoms with Gasteiger partial charge in [0.2, 0.25) is 0 Å². The number of rotatable bonds is 7. The maximum atomic E-state index is 11.4. The zero-order valence-electron chi connectivity index (χ0n) is 9.65. The molecule has 1 unspecified atom stereocenters. The topological polar surface area (TPSA) is 52.3 Å². The summed E-state index contributed by atoms with van der Waals surface area (Å²) in [5, 5.41) is 1.98. The van der Waals surface area contributed by atoms with E-state index in [1.54, 1.807) is 11.3 Å². The van der Waals surface area contributed by atoms with Crippen LogP contribution in [0.25, 0.3) is 0 Å². The number of carbonyl (C=O) groups is 1. The van der Waals surface area contributed by atoms with E-state index in [1.165, 1.54) is 0 Å². The van der Waals surface area contributed by atoms with Gasteiger partial charge >= 0.3 is 5.97 Å². The first-order valence-electron chi connectivity index (χ1n) is 5.60. The van der Waals surface area contributed by atoms with Crippen molar-refractivity contribution >= 4 is 17.3 Å². The van der Waals surface area contributed by atoms with E-state index in [-0.39, 0.29) is 5.97 Å². The van der Waals surface area contributed by atoms with Gasteiger partial charge in [-0.15, -0.1) is 11.3 Å². The molecule has 0 saturated carbocycles. The molecule has 0 aromatic carbocycles. The minimum absolute atomic E-state index is 0.114. The molecule has 1 rings (SSSR count). The second kappa shape index (κ2) is 7.41. The van der Waals surface area contributed by atoms with Gasteiger partial charge in [-0.05, 0) is 36.8 Å². The highest BCUT2D eigenvalue weighted by atomic mass is 32.1. The summed E-state index contributed by atoms with van der Waals surface area (Å²) in [6.07, 6.45) is 2.32. The minimum Gasteiger partial charge on any atom is -0.460 e. The third-order valence-electron chi connectivity index (χ3n) is 2.46. The van der Waals surface area contributed by atoms with Crippen molar-refractivity contribution in [2.45, 2.75) is 32.8 Å². The van der Waals surface area contributed by atoms with Gasteiger partial charge in [-0.25, -0.2) is 0 Å². The summed E-state index contributed by atoms with van der Waals surface area (Å²) in [6.45, 7) is 3.20. The van der Waals surface area contributed by atoms with Crippen molar-refractivity contribution in [2.75, 3.05) is 6.54 Å². The third kappa shape index (κ3) is 5.28. The van der Waals surface area contributed by atoms with Crippen molar-refractivity contribution in [1.82, 2.24) is 0 Å². The molecule has 1 aromatic heterocycles. The zero-order chi connectivity index (χ0) is 11.8. The first-order valence-corrected chi connectivity index (χ1v) is 6.48. The van der Waals surface area contributed by atoms with E-state index < -0.39 is 0 Å². The lowest BCUT2D eigenvalue weighted by atomic mass is 10.0. The van der Waals surface area contributed by atoms with E-state index in [0.717, 1.165) is 17.7 Å². The van der Waals surface area contributed by atoms with Crippen LogP contribution in [-0.4, -0.2) is 12.5 Å². The number of thiophene rings is 1. The molecule has 0 saturated heterocycles. The largest absolute Gasteiger partial charge is 0.460 e. The summed E-state index contributed by atoms with van der Waals surface area (Å²) in [7, 11) is 0. The van der Waals surface area contributed by atoms with Gasteiger partial charge in [0.05, 0.1) is 0 Å². The van der Waals surface area contributed by atoms with Crippen LogP contribution in [0.3, 0.4) is 0 Å². The molecule has 0 aliphatic carbocycles. The molecule has 0 amide bonds. The Labute approximate surface area is 101 Å². The minimum atomic E-state index is -0.114. The number of esters is 1. The van der Waals surface area contributed by atoms with Crippen LogP contribution >= 0.6 is 11.3 Å². The fourth-order valence-electron chi connectivity index (χ4n) is 1.41. The SMILES string of the molecule is CC(CCN)CCC(=O)OCc1cccs1. The first-order chi connectivity index (χ1) is 7.72. The summed E-state index contributed by atoms with van der Waals surface area (Å²) in [5.41, 5.74) is 5.44. The molecule has 0 aliphatic heterocycles. The molecule has 0 fully saturated rings. The Morgan fingerprint density at radius 3 is 3.00 bits per heavy atom. The van der Waals surface area contributed by atoms with Gasteiger partial charge in [0.15, 0.2) is 0 Å². The van der Waals surface area contributed by atoms with E-state index >= 15 is 0 Å². The predicted octanol–water partition coefficient (Wildman–Crippen LogP) is 2.56. The number of nitrogens with two attached hydrogens (primary N) is 1. The monoisotopic (exact) mass is 241 g/mol. The summed E-state index contributed by atoms with van der Waals surface area (Å²) in [5.74, 6) is 0.386. The van der Waals surface area contributed by atoms with E-state index in [0.29, 0.717) is 25.5 Å². The molecular formula is C12H19NO2S. The summed E-state index contributed by atoms with van der Waals surface area (Å²) >= 11 is 1.60. The lowest BCUT2D eigenvalue weighted by Crippen LogP contribution is -2.09. The van der Waals surface area contributed by atoms with Crippen LogP contribution in [0.4, 0.5) is 0 Å². The molecule has 1 heterocycles. The molecule has 1 aromatic rings. The van der Waals surface area contributed by atoms with Crippen LogP contribution in [0, 0.1) is 5.92 Å². The third-order valence-corrected chi connectivity index (χ3v) is 3.31. The molecule has 16 heavy (non-hydrogen) atoms. The number of hydrogen-bond donors (Lipinski definition) is 1. The van der Waals surface area contributed by atoms with Crippen molar-refractivity contribution in [3.8, 4) is 0 Å². The van der Waals surface area contributed by atoms with Gasteiger partial charge in [-0.2, -0.15) is 0 Å². The van der Waals surface area contributed by atoms with Crippen LogP contribution in [0.1, 0.15) is 31.1 Å². The van der Waals surface area contributed by atoms with Crippen LogP contribution in [0.5, 0.6) is 0 Å². The highest BCUT2D eigenvalue weighted by Gasteiger charge is 2.07. The molecule has 4 heteroatoms. The van der Waals surface area contributed by atoms with Crippen molar-refractivity contribution < 1.29 is 9.53 Å². The van der Waals surface area contributed by atoms with Crippen LogP contribution in [-0.2, 0) is 16.1 Å². The van der Waals surface area contributed by atoms with Crippen LogP contribution in [0.15, 0.2) is 17.5 Å². The predicted molar refractivity (Wildman–Crippen MR) is 66.2 cm³/mol. The van der Waals surface area contributed by atoms with Gasteiger partial charge in [0.1, 0.15) is 6.61 Å². The normalized spacial score (nSPS) is 12.4. The Kier molecular flexibility index (Phi) is 6.11. The van der Waals surface area contributed by atoms with E-state index in [2.05, 4.69) is 6.92 Å². The average Bonchev–Trinajstić information content (AvgIpc) is 2.77. The molecule has 2 N–H and O–H groups in total. The lowest BCUT2D eigenvalue weighted by Gasteiger charge is -2.08. The zero-order valence-corrected chi connectivity index (χ0v) is 10.5. The van der Waals surface area contributed by atoms with Crippen molar-refractivity contribution in [3.05, 3.63) is 22.4 Å². The molecule has 3 nitrogen and oxygen atoms in total. The summed E-state index contributed by atoms with van der Waals surface area (Å²) in [4.78, 5) is 12.5. The van der Waals surface area contributed by atoms with Gasteiger partial charge in [0, 0.05) is 11.3 Å². The highest BCUT2D eigenvalue weighted by Crippen LogP contribution is 2.12. The van der Waals surface area contributed by atoms with Crippen molar-refractivity contribution in [3.63, 3.8) is 0 Å². The van der Waals surface area contributed by atoms with Crippen molar-refractivity contribution in [2.24, 2.45) is 11.7 Å². The fraction of sp³-hybridized carbons (Fsp3) is 0.583. The van der Waals surface area contributed by atoms with E-state index in [1.807, 2.05) is 17.5 Å². The maximum absolute atomic E-state index is 11.4. The van der Waals surface area contributed by atoms with Gasteiger partial charge < -0.3 is 10.5 Å². The standard InChI is InChI=1S/C12H19NO2S/c1-10(6-7-13)4-5-12(14)15-9-11-3-2-8-16-11/h2-3,8,10H,4-7,9,13H2,1H3. The van der Waals surface area contributed by atoms with Gasteiger partial charge in [0.25, 0.3) is 0 Å². The quantitative estimate of drug-likeness (QED) is 0.746. The molecule has 1 atom stereocenters. The lowest BCUT2D eigenvalue weighted by molar-refractivity contribution is -0.145. The maximum Gasteiger partial charge on any atom is 0.306 e. The first kappa shape index (κ1) is 13.2. The van der Waals surface area contributed by atoms with E-state index in [9.17, 15) is 4.79 Å². The Bertz CT molecular complexity index is 298. The number of hydrogen-bond acceptors (Lipinski definition) is 4. The summed E-state index contributed by atoms with van der Waals surface area (Å²) < 4.78 is 5.16. The Hall–Kier alpha value is -0.870. The molecule has 90 valence electrons. The van der Waals surface area contributed by atoms with Gasteiger partial charge in [-0.1, -0.05) is 13.0 Å². The average molecular weight is 241 g/mol. The van der Waals surface area contributed by atoms with Gasteiger partial charge in [-0.3, -0.25) is 4.79 Å². The van der Waals surface area contributed by atoms with Crippen LogP contribution < -0.4 is 5.73 Å². The molecule has 0 radical (unpaired) electrons. The second-order valence-corrected chi connectivity index (χ2v) is 4.99. The Morgan fingerprint density at radius 1 is 1.56 bits per heavy atom. The molecular weight excluding hydrogens is 222 g/mol. The molecule has 0 aliphatic rings. The number of ether oxygens (including phenoxy) is 1. The smallest absolute Gasteiger partial charge is 0.306 e. The Morgan fingerprint density at radius 2 is 2.38 bits per heavy atom. The Balaban J connectivity index is 2.11. The summed E-state index contributed by atoms with van der Waals surface area (Å²) in [6, 6.07) is 3.92. The number of carbonyl (C=O) groups excluding carboxylic acids is 1. The second-order valence-electron chi connectivity index (χ2n) is 3.96. The molecule has 0 spiro atoms. The van der Waals surface area contributed by atoms with Crippen LogP contribution in [0.2, 0.25) is 0 Å². The highest BCUT2D eigenvalue weighted by molar-refractivity contribution is 7.09. The van der Waals surface area contributed by atoms with E-state index in [4.69, 9.17) is 10.5 Å². The van der Waals surface area contributed by atoms with Crippen molar-refractivity contribution in [1.29, 1.82) is 0 Å².